The second-order valence-corrected chi connectivity index (χ2v) is 9.55. The topological polar surface area (TPSA) is 107 Å². The predicted octanol–water partition coefficient (Wildman–Crippen LogP) is 2.20. The van der Waals surface area contributed by atoms with E-state index in [0.717, 1.165) is 12.8 Å². The number of aliphatic hydroxyl groups is 1. The molecule has 0 saturated carbocycles. The summed E-state index contributed by atoms with van der Waals surface area (Å²) < 4.78 is 6.54. The van der Waals surface area contributed by atoms with Crippen molar-refractivity contribution in [3.05, 3.63) is 12.7 Å². The lowest BCUT2D eigenvalue weighted by atomic mass is 9.65. The van der Waals surface area contributed by atoms with Gasteiger partial charge in [-0.05, 0) is 45.4 Å². The van der Waals surface area contributed by atoms with Gasteiger partial charge in [-0.1, -0.05) is 26.3 Å². The molecular formula is C24H38N2O6. The van der Waals surface area contributed by atoms with Crippen LogP contribution in [0.15, 0.2) is 12.7 Å². The number of carbonyl (C=O) groups is 3. The van der Waals surface area contributed by atoms with E-state index in [1.165, 1.54) is 0 Å². The molecule has 1 spiro atoms. The molecule has 3 heterocycles. The first kappa shape index (κ1) is 24.7. The molecule has 180 valence electrons. The SMILES string of the molecule is C=CCN(C(=O)C1N(CCCCO)C(=O)[C@@H]2[C@@H](C(=O)O)[C@@]3(CC)CCC12O3)C(C)CCC. The molecule has 0 aromatic carbocycles. The zero-order valence-corrected chi connectivity index (χ0v) is 19.6. The van der Waals surface area contributed by atoms with Gasteiger partial charge in [0.25, 0.3) is 0 Å². The summed E-state index contributed by atoms with van der Waals surface area (Å²) in [7, 11) is 0. The van der Waals surface area contributed by atoms with Crippen molar-refractivity contribution in [3.63, 3.8) is 0 Å². The number of aliphatic hydroxyl groups excluding tert-OH is 1. The van der Waals surface area contributed by atoms with E-state index < -0.39 is 35.0 Å². The Hall–Kier alpha value is -1.93. The Labute approximate surface area is 190 Å². The molecule has 3 saturated heterocycles. The highest BCUT2D eigenvalue weighted by molar-refractivity contribution is 5.98. The van der Waals surface area contributed by atoms with Crippen LogP contribution in [0.25, 0.3) is 0 Å². The van der Waals surface area contributed by atoms with Gasteiger partial charge in [-0.15, -0.1) is 6.58 Å². The van der Waals surface area contributed by atoms with E-state index in [1.54, 1.807) is 15.9 Å². The molecule has 2 amide bonds. The number of carboxylic acid groups (broad SMARTS) is 1. The van der Waals surface area contributed by atoms with Crippen molar-refractivity contribution in [2.75, 3.05) is 19.7 Å². The summed E-state index contributed by atoms with van der Waals surface area (Å²) in [6.07, 6.45) is 5.98. The lowest BCUT2D eigenvalue weighted by Crippen LogP contribution is -2.58. The van der Waals surface area contributed by atoms with E-state index >= 15 is 0 Å². The number of carbonyl (C=O) groups excluding carboxylic acids is 2. The minimum Gasteiger partial charge on any atom is -0.481 e. The maximum atomic E-state index is 14.0. The molecule has 3 aliphatic heterocycles. The van der Waals surface area contributed by atoms with Crippen LogP contribution in [0.4, 0.5) is 0 Å². The summed E-state index contributed by atoms with van der Waals surface area (Å²) in [6.45, 7) is 10.4. The lowest BCUT2D eigenvalue weighted by Gasteiger charge is -2.39. The van der Waals surface area contributed by atoms with Gasteiger partial charge in [-0.2, -0.15) is 0 Å². The van der Waals surface area contributed by atoms with Crippen LogP contribution >= 0.6 is 0 Å². The molecule has 8 nitrogen and oxygen atoms in total. The molecule has 3 unspecified atom stereocenters. The molecule has 6 atom stereocenters. The Balaban J connectivity index is 2.06. The van der Waals surface area contributed by atoms with Crippen LogP contribution in [-0.4, -0.2) is 80.8 Å². The number of hydrogen-bond donors (Lipinski definition) is 2. The summed E-state index contributed by atoms with van der Waals surface area (Å²) in [5.41, 5.74) is -2.02. The van der Waals surface area contributed by atoms with E-state index in [9.17, 15) is 24.6 Å². The van der Waals surface area contributed by atoms with E-state index in [2.05, 4.69) is 13.5 Å². The molecule has 0 aromatic heterocycles. The Kier molecular flexibility index (Phi) is 7.34. The van der Waals surface area contributed by atoms with Crippen molar-refractivity contribution in [1.29, 1.82) is 0 Å². The Morgan fingerprint density at radius 3 is 2.62 bits per heavy atom. The number of fused-ring (bicyclic) bond motifs is 1. The molecular weight excluding hydrogens is 412 g/mol. The zero-order chi connectivity index (χ0) is 23.7. The average Bonchev–Trinajstić information content (AvgIpc) is 3.36. The molecule has 3 fully saturated rings. The quantitative estimate of drug-likeness (QED) is 0.349. The minimum atomic E-state index is -1.11. The summed E-state index contributed by atoms with van der Waals surface area (Å²) in [6, 6.07) is -0.889. The van der Waals surface area contributed by atoms with Crippen LogP contribution in [0, 0.1) is 11.8 Å². The number of nitrogens with zero attached hydrogens (tertiary/aromatic N) is 2. The number of rotatable bonds is 12. The molecule has 2 N–H and O–H groups in total. The largest absolute Gasteiger partial charge is 0.481 e. The molecule has 0 radical (unpaired) electrons. The van der Waals surface area contributed by atoms with Crippen molar-refractivity contribution < 1.29 is 29.3 Å². The predicted molar refractivity (Wildman–Crippen MR) is 119 cm³/mol. The Morgan fingerprint density at radius 2 is 2.06 bits per heavy atom. The zero-order valence-electron chi connectivity index (χ0n) is 19.6. The van der Waals surface area contributed by atoms with Crippen molar-refractivity contribution in [2.24, 2.45) is 11.8 Å². The Morgan fingerprint density at radius 1 is 1.34 bits per heavy atom. The molecule has 8 heteroatoms. The monoisotopic (exact) mass is 450 g/mol. The average molecular weight is 451 g/mol. The second-order valence-electron chi connectivity index (χ2n) is 9.55. The molecule has 32 heavy (non-hydrogen) atoms. The van der Waals surface area contributed by atoms with Gasteiger partial charge in [0.05, 0.1) is 11.5 Å². The maximum Gasteiger partial charge on any atom is 0.310 e. The number of hydrogen-bond acceptors (Lipinski definition) is 5. The summed E-state index contributed by atoms with van der Waals surface area (Å²) >= 11 is 0. The second kappa shape index (κ2) is 9.51. The first-order valence-electron chi connectivity index (χ1n) is 12.0. The summed E-state index contributed by atoms with van der Waals surface area (Å²) in [5, 5.41) is 19.3. The van der Waals surface area contributed by atoms with Gasteiger partial charge in [0.1, 0.15) is 17.6 Å². The number of unbranched alkanes of at least 4 members (excludes halogenated alkanes) is 1. The number of likely N-dealkylation sites (tertiary alicyclic amines) is 1. The van der Waals surface area contributed by atoms with E-state index in [1.807, 2.05) is 13.8 Å². The van der Waals surface area contributed by atoms with Crippen molar-refractivity contribution in [2.45, 2.75) is 89.0 Å². The molecule has 3 rings (SSSR count). The van der Waals surface area contributed by atoms with Gasteiger partial charge in [0, 0.05) is 25.7 Å². The Bertz CT molecular complexity index is 757. The third-order valence-electron chi connectivity index (χ3n) is 7.84. The van der Waals surface area contributed by atoms with Crippen molar-refractivity contribution in [1.82, 2.24) is 9.80 Å². The van der Waals surface area contributed by atoms with Crippen LogP contribution in [0.2, 0.25) is 0 Å². The van der Waals surface area contributed by atoms with Crippen LogP contribution in [0.5, 0.6) is 0 Å². The number of ether oxygens (including phenoxy) is 1. The number of amides is 2. The standard InChI is InChI=1S/C24H38N2O6/c1-5-10-16(4)25(13-6-2)21(29)19-24-12-11-23(7-3,32-24)18(22(30)31)17(24)20(28)26(19)14-8-9-15-27/h6,16-19,27H,2,5,7-15H2,1,3-4H3,(H,30,31)/t16?,17-,18-,19?,23+,24?/m0/s1. The molecule has 2 bridgehead atoms. The van der Waals surface area contributed by atoms with Gasteiger partial charge in [-0.3, -0.25) is 14.4 Å². The van der Waals surface area contributed by atoms with Crippen LogP contribution in [0.3, 0.4) is 0 Å². The smallest absolute Gasteiger partial charge is 0.310 e. The number of carboxylic acids is 1. The van der Waals surface area contributed by atoms with Crippen LogP contribution in [-0.2, 0) is 19.1 Å². The van der Waals surface area contributed by atoms with Crippen molar-refractivity contribution in [3.8, 4) is 0 Å². The normalized spacial score (nSPS) is 33.9. The lowest BCUT2D eigenvalue weighted by molar-refractivity contribution is -0.158. The van der Waals surface area contributed by atoms with E-state index in [4.69, 9.17) is 4.74 Å². The summed E-state index contributed by atoms with van der Waals surface area (Å²) in [5.74, 6) is -3.33. The minimum absolute atomic E-state index is 0.00145. The van der Waals surface area contributed by atoms with Crippen molar-refractivity contribution >= 4 is 17.8 Å². The van der Waals surface area contributed by atoms with Crippen LogP contribution in [0.1, 0.15) is 65.7 Å². The van der Waals surface area contributed by atoms with E-state index in [-0.39, 0.29) is 24.5 Å². The maximum absolute atomic E-state index is 14.0. The fraction of sp³-hybridized carbons (Fsp3) is 0.792. The van der Waals surface area contributed by atoms with Crippen LogP contribution < -0.4 is 0 Å². The summed E-state index contributed by atoms with van der Waals surface area (Å²) in [4.78, 5) is 43.3. The first-order valence-corrected chi connectivity index (χ1v) is 12.0. The van der Waals surface area contributed by atoms with Gasteiger partial charge >= 0.3 is 5.97 Å². The highest BCUT2D eigenvalue weighted by Gasteiger charge is 2.79. The highest BCUT2D eigenvalue weighted by atomic mass is 16.5. The van der Waals surface area contributed by atoms with Gasteiger partial charge < -0.3 is 24.7 Å². The molecule has 0 aliphatic carbocycles. The van der Waals surface area contributed by atoms with Gasteiger partial charge in [0.15, 0.2) is 0 Å². The third-order valence-corrected chi connectivity index (χ3v) is 7.84. The van der Waals surface area contributed by atoms with Gasteiger partial charge in [-0.25, -0.2) is 0 Å². The molecule has 3 aliphatic rings. The highest BCUT2D eigenvalue weighted by Crippen LogP contribution is 2.64. The fourth-order valence-electron chi connectivity index (χ4n) is 6.36. The first-order chi connectivity index (χ1) is 15.2. The third kappa shape index (κ3) is 3.65. The fourth-order valence-corrected chi connectivity index (χ4v) is 6.36. The van der Waals surface area contributed by atoms with Gasteiger partial charge in [0.2, 0.25) is 11.8 Å². The number of aliphatic carboxylic acids is 1. The molecule has 0 aromatic rings. The van der Waals surface area contributed by atoms with E-state index in [0.29, 0.717) is 45.2 Å².